The van der Waals surface area contributed by atoms with Gasteiger partial charge in [0.25, 0.3) is 0 Å². The molecule has 1 fully saturated rings. The summed E-state index contributed by atoms with van der Waals surface area (Å²) >= 11 is 0. The third kappa shape index (κ3) is 6.89. The minimum Gasteiger partial charge on any atom is -0.299 e. The first-order chi connectivity index (χ1) is 13.3. The minimum atomic E-state index is -3.87. The molecule has 4 nitrogen and oxygen atoms in total. The highest BCUT2D eigenvalue weighted by molar-refractivity contribution is 8.33. The third-order valence-electron chi connectivity index (χ3n) is 5.57. The van der Waals surface area contributed by atoms with Gasteiger partial charge in [-0.25, -0.2) is 3.63 Å². The molecule has 0 saturated heterocycles. The number of ketones is 1. The maximum Gasteiger partial charge on any atom is 0.306 e. The summed E-state index contributed by atoms with van der Waals surface area (Å²) in [6, 6.07) is 6.75. The molecule has 0 aromatic heterocycles. The lowest BCUT2D eigenvalue weighted by Gasteiger charge is -2.43. The molecule has 0 N–H and O–H groups in total. The van der Waals surface area contributed by atoms with Crippen LogP contribution < -0.4 is 0 Å². The van der Waals surface area contributed by atoms with Crippen LogP contribution in [0.2, 0.25) is 0 Å². The molecule has 1 saturated carbocycles. The van der Waals surface area contributed by atoms with Crippen molar-refractivity contribution < 1.29 is 16.8 Å². The highest BCUT2D eigenvalue weighted by Crippen LogP contribution is 2.57. The summed E-state index contributed by atoms with van der Waals surface area (Å²) in [6.45, 7) is 4.07. The number of unbranched alkanes of at least 4 members (excludes halogenated alkanes) is 3. The van der Waals surface area contributed by atoms with Gasteiger partial charge in [0.2, 0.25) is 0 Å². The first-order valence-electron chi connectivity index (χ1n) is 10.6. The van der Waals surface area contributed by atoms with Crippen LogP contribution in [0.1, 0.15) is 76.7 Å². The maximum atomic E-state index is 13.0. The lowest BCUT2D eigenvalue weighted by atomic mass is 10.0. The van der Waals surface area contributed by atoms with Crippen LogP contribution in [-0.4, -0.2) is 31.5 Å². The number of hydrogen-bond donors (Lipinski definition) is 0. The second-order valence-electron chi connectivity index (χ2n) is 8.16. The highest BCUT2D eigenvalue weighted by atomic mass is 32.3. The molecule has 1 aliphatic rings. The van der Waals surface area contributed by atoms with Gasteiger partial charge in [0.15, 0.2) is 0 Å². The molecule has 0 heterocycles. The zero-order valence-corrected chi connectivity index (χ0v) is 19.2. The summed E-state index contributed by atoms with van der Waals surface area (Å²) in [7, 11) is -5.91. The molecule has 6 heteroatoms. The maximum absolute atomic E-state index is 13.0. The summed E-state index contributed by atoms with van der Waals surface area (Å²) < 4.78 is 31.9. The van der Waals surface area contributed by atoms with Gasteiger partial charge < -0.3 is 0 Å². The largest absolute Gasteiger partial charge is 0.306 e. The molecule has 0 radical (unpaired) electrons. The Morgan fingerprint density at radius 1 is 1.04 bits per heavy atom. The Balaban J connectivity index is 2.15. The van der Waals surface area contributed by atoms with E-state index in [9.17, 15) is 13.2 Å². The van der Waals surface area contributed by atoms with Gasteiger partial charge in [0.1, 0.15) is 5.78 Å². The van der Waals surface area contributed by atoms with E-state index in [0.29, 0.717) is 6.42 Å². The molecular weight excluding hydrogens is 392 g/mol. The number of carbonyl (C=O) groups excluding carboxylic acids is 1. The quantitative estimate of drug-likeness (QED) is 0.410. The van der Waals surface area contributed by atoms with E-state index in [1.807, 2.05) is 13.2 Å². The Hall–Kier alpha value is -0.850. The van der Waals surface area contributed by atoms with Crippen molar-refractivity contribution in [1.82, 2.24) is 0 Å². The first-order valence-corrected chi connectivity index (χ1v) is 14.2. The fourth-order valence-corrected chi connectivity index (χ4v) is 9.26. The van der Waals surface area contributed by atoms with Crippen LogP contribution >= 0.6 is 10.3 Å². The van der Waals surface area contributed by atoms with Gasteiger partial charge in [-0.05, 0) is 44.6 Å². The van der Waals surface area contributed by atoms with Gasteiger partial charge in [0, 0.05) is 11.7 Å². The normalized spacial score (nSPS) is 19.1. The van der Waals surface area contributed by atoms with Crippen molar-refractivity contribution in [3.05, 3.63) is 29.8 Å². The Bertz CT molecular complexity index is 721. The van der Waals surface area contributed by atoms with E-state index < -0.39 is 20.4 Å². The second-order valence-corrected chi connectivity index (χ2v) is 13.2. The van der Waals surface area contributed by atoms with Gasteiger partial charge in [0.05, 0.1) is 10.6 Å². The SMILES string of the molecule is CCCCCCC(=O)CS(C)(OS(=O)(=O)c1ccc(C)cc1)C1CCCCC1. The van der Waals surface area contributed by atoms with Crippen molar-refractivity contribution in [3.63, 3.8) is 0 Å². The molecule has 1 atom stereocenters. The van der Waals surface area contributed by atoms with Crippen LogP contribution in [0.4, 0.5) is 0 Å². The zero-order valence-electron chi connectivity index (χ0n) is 17.6. The van der Waals surface area contributed by atoms with E-state index in [4.69, 9.17) is 3.63 Å². The molecule has 1 aliphatic carbocycles. The third-order valence-corrected chi connectivity index (χ3v) is 11.2. The Kier molecular flexibility index (Phi) is 9.03. The second kappa shape index (κ2) is 10.8. The summed E-state index contributed by atoms with van der Waals surface area (Å²) in [6.07, 6.45) is 11.9. The van der Waals surface area contributed by atoms with Crippen molar-refractivity contribution in [3.8, 4) is 0 Å². The smallest absolute Gasteiger partial charge is 0.299 e. The molecule has 1 unspecified atom stereocenters. The number of rotatable bonds is 11. The summed E-state index contributed by atoms with van der Waals surface area (Å²) in [5.41, 5.74) is 1.00. The van der Waals surface area contributed by atoms with Crippen molar-refractivity contribution in [2.24, 2.45) is 0 Å². The summed E-state index contributed by atoms with van der Waals surface area (Å²) in [5, 5.41) is 0.182. The number of benzene rings is 1. The van der Waals surface area contributed by atoms with E-state index in [1.165, 1.54) is 6.42 Å². The number of aryl methyl sites for hydroxylation is 1. The topological polar surface area (TPSA) is 60.4 Å². The van der Waals surface area contributed by atoms with Gasteiger partial charge in [-0.1, -0.05) is 63.1 Å². The van der Waals surface area contributed by atoms with Crippen LogP contribution in [0.15, 0.2) is 29.2 Å². The number of Topliss-reactive ketones (excluding diaryl/α,β-unsaturated/α-hetero) is 1. The molecule has 0 bridgehead atoms. The average Bonchev–Trinajstić information content (AvgIpc) is 2.66. The Morgan fingerprint density at radius 3 is 2.29 bits per heavy atom. The van der Waals surface area contributed by atoms with Crippen LogP contribution in [0, 0.1) is 6.92 Å². The highest BCUT2D eigenvalue weighted by Gasteiger charge is 2.37. The van der Waals surface area contributed by atoms with E-state index in [2.05, 4.69) is 6.92 Å². The van der Waals surface area contributed by atoms with Crippen molar-refractivity contribution in [2.45, 2.75) is 88.2 Å². The lowest BCUT2D eigenvalue weighted by molar-refractivity contribution is -0.116. The van der Waals surface area contributed by atoms with E-state index in [0.717, 1.165) is 56.9 Å². The van der Waals surface area contributed by atoms with Crippen molar-refractivity contribution >= 4 is 26.2 Å². The van der Waals surface area contributed by atoms with Crippen LogP contribution in [0.3, 0.4) is 0 Å². The van der Waals surface area contributed by atoms with Crippen molar-refractivity contribution in [1.29, 1.82) is 0 Å². The predicted molar refractivity (Wildman–Crippen MR) is 118 cm³/mol. The lowest BCUT2D eigenvalue weighted by Crippen LogP contribution is -2.30. The Labute approximate surface area is 173 Å². The average molecular weight is 429 g/mol. The molecule has 2 rings (SSSR count). The van der Waals surface area contributed by atoms with E-state index in [1.54, 1.807) is 24.3 Å². The first kappa shape index (κ1) is 23.4. The van der Waals surface area contributed by atoms with Gasteiger partial charge in [-0.3, -0.25) is 4.79 Å². The number of carbonyl (C=O) groups is 1. The number of hydrogen-bond acceptors (Lipinski definition) is 4. The van der Waals surface area contributed by atoms with Crippen molar-refractivity contribution in [2.75, 3.05) is 12.0 Å². The molecule has 0 amide bonds. The van der Waals surface area contributed by atoms with E-state index >= 15 is 0 Å². The van der Waals surface area contributed by atoms with Crippen LogP contribution in [-0.2, 0) is 18.5 Å². The van der Waals surface area contributed by atoms with Crippen LogP contribution in [0.5, 0.6) is 0 Å². The molecule has 28 heavy (non-hydrogen) atoms. The summed E-state index contributed by atoms with van der Waals surface area (Å²) in [5.74, 6) is 0.410. The van der Waals surface area contributed by atoms with E-state index in [-0.39, 0.29) is 21.7 Å². The molecule has 1 aromatic carbocycles. The fraction of sp³-hybridized carbons (Fsp3) is 0.682. The van der Waals surface area contributed by atoms with Gasteiger partial charge in [-0.2, -0.15) is 8.42 Å². The molecule has 0 aliphatic heterocycles. The van der Waals surface area contributed by atoms with Gasteiger partial charge in [-0.15, -0.1) is 10.3 Å². The van der Waals surface area contributed by atoms with Gasteiger partial charge >= 0.3 is 10.1 Å². The Morgan fingerprint density at radius 2 is 1.68 bits per heavy atom. The predicted octanol–water partition coefficient (Wildman–Crippen LogP) is 5.92. The zero-order chi connectivity index (χ0) is 20.6. The van der Waals surface area contributed by atoms with Crippen LogP contribution in [0.25, 0.3) is 0 Å². The minimum absolute atomic E-state index is 0.151. The fourth-order valence-electron chi connectivity index (χ4n) is 3.85. The molecule has 160 valence electrons. The standard InChI is InChI=1S/C22H36O4S2/c1-4-5-6-8-11-20(23)18-27(3,21-12-9-7-10-13-21)26-28(24,25)22-16-14-19(2)15-17-22/h14-17,21H,4-13,18H2,1-3H3. The molecule has 0 spiro atoms. The summed E-state index contributed by atoms with van der Waals surface area (Å²) in [4.78, 5) is 12.9. The molecule has 1 aromatic rings. The monoisotopic (exact) mass is 428 g/mol. The molecular formula is C22H36O4S2.